The second kappa shape index (κ2) is 6.43. The van der Waals surface area contributed by atoms with Gasteiger partial charge in [0.2, 0.25) is 11.8 Å². The molecule has 3 rings (SSSR count). The number of para-hydroxylation sites is 1. The Bertz CT molecular complexity index is 738. The van der Waals surface area contributed by atoms with Crippen molar-refractivity contribution in [2.45, 2.75) is 6.42 Å². The zero-order chi connectivity index (χ0) is 16.2. The number of benzene rings is 1. The highest BCUT2D eigenvalue weighted by molar-refractivity contribution is 5.92. The van der Waals surface area contributed by atoms with E-state index in [1.807, 2.05) is 30.3 Å². The molecule has 2 amide bonds. The number of hydrogen-bond donors (Lipinski definition) is 1. The van der Waals surface area contributed by atoms with Gasteiger partial charge < -0.3 is 10.6 Å². The molecule has 0 bridgehead atoms. The van der Waals surface area contributed by atoms with E-state index in [4.69, 9.17) is 5.73 Å². The number of nitrogens with zero attached hydrogens (tertiary/aromatic N) is 4. The quantitative estimate of drug-likeness (QED) is 0.837. The Morgan fingerprint density at radius 1 is 1.26 bits per heavy atom. The summed E-state index contributed by atoms with van der Waals surface area (Å²) >= 11 is 0. The maximum Gasteiger partial charge on any atom is 0.246 e. The van der Waals surface area contributed by atoms with Gasteiger partial charge in [0.1, 0.15) is 5.69 Å². The number of carbonyl (C=O) groups excluding carboxylic acids is 2. The van der Waals surface area contributed by atoms with Crippen LogP contribution in [0.3, 0.4) is 0 Å². The molecule has 1 aromatic carbocycles. The molecule has 1 saturated heterocycles. The van der Waals surface area contributed by atoms with Crippen LogP contribution in [0.15, 0.2) is 42.6 Å². The molecule has 0 radical (unpaired) electrons. The van der Waals surface area contributed by atoms with Gasteiger partial charge in [-0.1, -0.05) is 18.2 Å². The van der Waals surface area contributed by atoms with Gasteiger partial charge in [-0.25, -0.2) is 0 Å². The summed E-state index contributed by atoms with van der Waals surface area (Å²) < 4.78 is 0. The van der Waals surface area contributed by atoms with E-state index in [-0.39, 0.29) is 17.7 Å². The first kappa shape index (κ1) is 15.0. The summed E-state index contributed by atoms with van der Waals surface area (Å²) in [5.74, 6) is -0.746. The van der Waals surface area contributed by atoms with E-state index in [9.17, 15) is 9.59 Å². The molecule has 0 unspecified atom stereocenters. The van der Waals surface area contributed by atoms with Crippen molar-refractivity contribution < 1.29 is 9.59 Å². The van der Waals surface area contributed by atoms with Crippen molar-refractivity contribution in [1.29, 1.82) is 0 Å². The minimum absolute atomic E-state index is 0.150. The van der Waals surface area contributed by atoms with Gasteiger partial charge >= 0.3 is 0 Å². The average molecular weight is 311 g/mol. The minimum Gasteiger partial charge on any atom is -0.369 e. The molecular formula is C16H17N5O2. The summed E-state index contributed by atoms with van der Waals surface area (Å²) in [7, 11) is 0. The summed E-state index contributed by atoms with van der Waals surface area (Å²) in [6.45, 7) is 0.933. The zero-order valence-corrected chi connectivity index (χ0v) is 12.5. The standard InChI is InChI=1S/C16H17N5O2/c17-16(23)12-8-9-20(11-12)15(22)7-6-13-10-18-21(19-13)14-4-2-1-3-5-14/h1-7,10,12H,8-9,11H2,(H2,17,23)/b7-6+/t12-/m0/s1. The number of nitrogens with two attached hydrogens (primary N) is 1. The molecule has 2 aromatic rings. The van der Waals surface area contributed by atoms with Gasteiger partial charge in [0.25, 0.3) is 0 Å². The van der Waals surface area contributed by atoms with Crippen molar-refractivity contribution in [2.75, 3.05) is 13.1 Å². The Labute approximate surface area is 133 Å². The van der Waals surface area contributed by atoms with Gasteiger partial charge in [0, 0.05) is 19.2 Å². The highest BCUT2D eigenvalue weighted by atomic mass is 16.2. The molecule has 118 valence electrons. The van der Waals surface area contributed by atoms with Crippen LogP contribution in [0.25, 0.3) is 11.8 Å². The van der Waals surface area contributed by atoms with Crippen LogP contribution in [0, 0.1) is 5.92 Å². The lowest BCUT2D eigenvalue weighted by Crippen LogP contribution is -2.30. The molecule has 0 spiro atoms. The fraction of sp³-hybridized carbons (Fsp3) is 0.250. The van der Waals surface area contributed by atoms with E-state index in [1.54, 1.807) is 17.2 Å². The van der Waals surface area contributed by atoms with Gasteiger partial charge in [-0.2, -0.15) is 9.90 Å². The average Bonchev–Trinajstić information content (AvgIpc) is 3.23. The normalized spacial score (nSPS) is 17.7. The van der Waals surface area contributed by atoms with Crippen molar-refractivity contribution in [3.63, 3.8) is 0 Å². The number of aromatic nitrogens is 3. The van der Waals surface area contributed by atoms with Crippen molar-refractivity contribution in [1.82, 2.24) is 19.9 Å². The van der Waals surface area contributed by atoms with E-state index >= 15 is 0 Å². The number of carbonyl (C=O) groups is 2. The zero-order valence-electron chi connectivity index (χ0n) is 12.5. The monoisotopic (exact) mass is 311 g/mol. The molecule has 2 N–H and O–H groups in total. The molecule has 1 aromatic heterocycles. The maximum absolute atomic E-state index is 12.1. The Morgan fingerprint density at radius 3 is 2.74 bits per heavy atom. The lowest BCUT2D eigenvalue weighted by Gasteiger charge is -2.12. The SMILES string of the molecule is NC(=O)[C@H]1CCN(C(=O)/C=C/c2cnn(-c3ccccc3)n2)C1. The maximum atomic E-state index is 12.1. The highest BCUT2D eigenvalue weighted by Gasteiger charge is 2.28. The van der Waals surface area contributed by atoms with Crippen LogP contribution in [0.4, 0.5) is 0 Å². The van der Waals surface area contributed by atoms with Gasteiger partial charge in [-0.3, -0.25) is 9.59 Å². The molecule has 2 heterocycles. The first-order valence-electron chi connectivity index (χ1n) is 7.37. The first-order chi connectivity index (χ1) is 11.1. The van der Waals surface area contributed by atoms with Gasteiger partial charge in [0.05, 0.1) is 17.8 Å². The van der Waals surface area contributed by atoms with Crippen LogP contribution in [-0.2, 0) is 9.59 Å². The van der Waals surface area contributed by atoms with Crippen LogP contribution in [0.2, 0.25) is 0 Å². The lowest BCUT2D eigenvalue weighted by molar-refractivity contribution is -0.125. The third-order valence-corrected chi connectivity index (χ3v) is 3.80. The van der Waals surface area contributed by atoms with Crippen LogP contribution in [0.1, 0.15) is 12.1 Å². The van der Waals surface area contributed by atoms with Crippen LogP contribution >= 0.6 is 0 Å². The van der Waals surface area contributed by atoms with Crippen LogP contribution < -0.4 is 5.73 Å². The van der Waals surface area contributed by atoms with Crippen LogP contribution in [0.5, 0.6) is 0 Å². The molecule has 1 aliphatic heterocycles. The third-order valence-electron chi connectivity index (χ3n) is 3.80. The predicted molar refractivity (Wildman–Crippen MR) is 84.3 cm³/mol. The summed E-state index contributed by atoms with van der Waals surface area (Å²) in [4.78, 5) is 26.3. The molecule has 0 saturated carbocycles. The van der Waals surface area contributed by atoms with E-state index in [0.717, 1.165) is 5.69 Å². The van der Waals surface area contributed by atoms with Crippen molar-refractivity contribution in [3.8, 4) is 5.69 Å². The first-order valence-corrected chi connectivity index (χ1v) is 7.37. The summed E-state index contributed by atoms with van der Waals surface area (Å²) in [6.07, 6.45) is 5.28. The van der Waals surface area contributed by atoms with Gasteiger partial charge in [-0.15, -0.1) is 5.10 Å². The Hall–Kier alpha value is -2.96. The largest absolute Gasteiger partial charge is 0.369 e. The number of likely N-dealkylation sites (tertiary alicyclic amines) is 1. The second-order valence-electron chi connectivity index (χ2n) is 5.40. The van der Waals surface area contributed by atoms with E-state index < -0.39 is 0 Å². The van der Waals surface area contributed by atoms with E-state index in [0.29, 0.717) is 25.2 Å². The number of hydrogen-bond acceptors (Lipinski definition) is 4. The topological polar surface area (TPSA) is 94.1 Å². The molecule has 1 atom stereocenters. The van der Waals surface area contributed by atoms with Gasteiger partial charge in [-0.05, 0) is 24.6 Å². The predicted octanol–water partition coefficient (Wildman–Crippen LogP) is 0.614. The Balaban J connectivity index is 1.63. The Kier molecular flexibility index (Phi) is 4.18. The minimum atomic E-state index is -0.352. The van der Waals surface area contributed by atoms with Gasteiger partial charge in [0.15, 0.2) is 0 Å². The van der Waals surface area contributed by atoms with E-state index in [2.05, 4.69) is 10.2 Å². The summed E-state index contributed by atoms with van der Waals surface area (Å²) in [5.41, 5.74) is 6.71. The number of rotatable bonds is 4. The molecule has 1 aliphatic rings. The molecule has 7 nitrogen and oxygen atoms in total. The number of primary amides is 1. The third kappa shape index (κ3) is 3.45. The summed E-state index contributed by atoms with van der Waals surface area (Å²) in [5, 5.41) is 8.46. The molecule has 0 aliphatic carbocycles. The highest BCUT2D eigenvalue weighted by Crippen LogP contribution is 2.16. The Morgan fingerprint density at radius 2 is 2.04 bits per heavy atom. The second-order valence-corrected chi connectivity index (χ2v) is 5.40. The molecule has 23 heavy (non-hydrogen) atoms. The van der Waals surface area contributed by atoms with Crippen molar-refractivity contribution >= 4 is 17.9 Å². The van der Waals surface area contributed by atoms with Crippen LogP contribution in [-0.4, -0.2) is 44.8 Å². The molecular weight excluding hydrogens is 294 g/mol. The van der Waals surface area contributed by atoms with Crippen molar-refractivity contribution in [2.24, 2.45) is 11.7 Å². The molecule has 7 heteroatoms. The fourth-order valence-electron chi connectivity index (χ4n) is 2.49. The molecule has 1 fully saturated rings. The lowest BCUT2D eigenvalue weighted by atomic mass is 10.1. The van der Waals surface area contributed by atoms with Crippen molar-refractivity contribution in [3.05, 3.63) is 48.3 Å². The fourth-order valence-corrected chi connectivity index (χ4v) is 2.49. The summed E-state index contributed by atoms with van der Waals surface area (Å²) in [6, 6.07) is 9.52. The van der Waals surface area contributed by atoms with E-state index in [1.165, 1.54) is 10.9 Å². The smallest absolute Gasteiger partial charge is 0.246 e. The number of amides is 2.